The molecule has 0 bridgehead atoms. The molecule has 0 unspecified atom stereocenters. The van der Waals surface area contributed by atoms with E-state index in [0.29, 0.717) is 30.1 Å². The average Bonchev–Trinajstić information content (AvgIpc) is 3.41. The van der Waals surface area contributed by atoms with Crippen LogP contribution in [0.15, 0.2) is 18.5 Å². The van der Waals surface area contributed by atoms with Gasteiger partial charge in [-0.2, -0.15) is 5.10 Å². The molecule has 8 nitrogen and oxygen atoms in total. The molecule has 170 valence electrons. The fraction of sp³-hybridized carbons (Fsp3) is 0.565. The largest absolute Gasteiger partial charge is 0.380 e. The molecule has 0 radical (unpaired) electrons. The standard InChI is InChI=1S/C23H28ClN5O3/c24-18-13-25-20(11-16(18)17-12-26-29-9-2-1-6-19(17)29)28-21(30)14-4-3-5-15(10-14)27-22(31)23(32)7-8-23/h11-15,32H,1-10H2,(H,27,31)(H,25,28,30)/t14-,15+/m0/s1. The topological polar surface area (TPSA) is 109 Å². The van der Waals surface area contributed by atoms with Gasteiger partial charge in [-0.25, -0.2) is 4.98 Å². The first-order valence-electron chi connectivity index (χ1n) is 11.5. The first kappa shape index (κ1) is 21.4. The van der Waals surface area contributed by atoms with E-state index < -0.39 is 5.60 Å². The Morgan fingerprint density at radius 3 is 2.81 bits per heavy atom. The molecule has 32 heavy (non-hydrogen) atoms. The smallest absolute Gasteiger partial charge is 0.252 e. The summed E-state index contributed by atoms with van der Waals surface area (Å²) in [6, 6.07) is 1.72. The van der Waals surface area contributed by atoms with Crippen molar-refractivity contribution in [3.05, 3.63) is 29.2 Å². The lowest BCUT2D eigenvalue weighted by Gasteiger charge is -2.29. The quantitative estimate of drug-likeness (QED) is 0.639. The molecule has 1 aliphatic heterocycles. The molecule has 3 N–H and O–H groups in total. The molecule has 3 aliphatic rings. The Morgan fingerprint density at radius 1 is 1.16 bits per heavy atom. The lowest BCUT2D eigenvalue weighted by Crippen LogP contribution is -2.45. The number of aryl methyl sites for hydroxylation is 1. The Morgan fingerprint density at radius 2 is 2.00 bits per heavy atom. The van der Waals surface area contributed by atoms with E-state index >= 15 is 0 Å². The fourth-order valence-electron chi connectivity index (χ4n) is 4.81. The number of hydrogen-bond donors (Lipinski definition) is 3. The molecule has 2 atom stereocenters. The minimum absolute atomic E-state index is 0.0932. The molecule has 2 saturated carbocycles. The maximum Gasteiger partial charge on any atom is 0.252 e. The van der Waals surface area contributed by atoms with Crippen LogP contribution in [0, 0.1) is 5.92 Å². The van der Waals surface area contributed by atoms with Crippen molar-refractivity contribution >= 4 is 29.2 Å². The third-order valence-electron chi connectivity index (χ3n) is 6.91. The molecule has 9 heteroatoms. The average molecular weight is 458 g/mol. The van der Waals surface area contributed by atoms with Crippen LogP contribution < -0.4 is 10.6 Å². The molecular weight excluding hydrogens is 430 g/mol. The molecule has 2 aromatic heterocycles. The van der Waals surface area contributed by atoms with E-state index in [9.17, 15) is 14.7 Å². The number of carbonyl (C=O) groups excluding carboxylic acids is 2. The molecule has 0 saturated heterocycles. The van der Waals surface area contributed by atoms with Crippen LogP contribution in [0.5, 0.6) is 0 Å². The predicted octanol–water partition coefficient (Wildman–Crippen LogP) is 3.07. The van der Waals surface area contributed by atoms with Gasteiger partial charge in [0.25, 0.3) is 5.91 Å². The Balaban J connectivity index is 1.27. The van der Waals surface area contributed by atoms with E-state index in [1.165, 1.54) is 5.69 Å². The third kappa shape index (κ3) is 4.26. The van der Waals surface area contributed by atoms with E-state index in [2.05, 4.69) is 20.7 Å². The molecule has 2 aromatic rings. The first-order chi connectivity index (χ1) is 15.4. The second-order valence-electron chi connectivity index (χ2n) is 9.29. The summed E-state index contributed by atoms with van der Waals surface area (Å²) >= 11 is 6.45. The van der Waals surface area contributed by atoms with Gasteiger partial charge in [0.2, 0.25) is 5.91 Å². The molecule has 0 aromatic carbocycles. The predicted molar refractivity (Wildman–Crippen MR) is 120 cm³/mol. The Kier molecular flexibility index (Phi) is 5.67. The van der Waals surface area contributed by atoms with Gasteiger partial charge in [0.15, 0.2) is 0 Å². The number of fused-ring (bicyclic) bond motifs is 1. The maximum atomic E-state index is 13.0. The van der Waals surface area contributed by atoms with E-state index in [4.69, 9.17) is 11.6 Å². The molecular formula is C23H28ClN5O3. The number of nitrogens with one attached hydrogen (secondary N) is 2. The Labute approximate surface area is 191 Å². The van der Waals surface area contributed by atoms with Gasteiger partial charge in [-0.1, -0.05) is 18.0 Å². The van der Waals surface area contributed by atoms with Crippen LogP contribution in [-0.4, -0.2) is 43.3 Å². The van der Waals surface area contributed by atoms with Gasteiger partial charge < -0.3 is 15.7 Å². The number of rotatable bonds is 5. The van der Waals surface area contributed by atoms with Crippen LogP contribution >= 0.6 is 11.6 Å². The summed E-state index contributed by atoms with van der Waals surface area (Å²) < 4.78 is 2.03. The van der Waals surface area contributed by atoms with Crippen molar-refractivity contribution in [3.8, 4) is 11.1 Å². The minimum atomic E-state index is -1.19. The zero-order valence-corrected chi connectivity index (χ0v) is 18.7. The lowest BCUT2D eigenvalue weighted by atomic mass is 9.85. The van der Waals surface area contributed by atoms with Crippen LogP contribution in [0.2, 0.25) is 5.02 Å². The molecule has 2 amide bonds. The molecule has 2 fully saturated rings. The summed E-state index contributed by atoms with van der Waals surface area (Å²) in [5, 5.41) is 20.9. The maximum absolute atomic E-state index is 13.0. The molecule has 0 spiro atoms. The van der Waals surface area contributed by atoms with Crippen molar-refractivity contribution in [2.24, 2.45) is 5.92 Å². The summed E-state index contributed by atoms with van der Waals surface area (Å²) in [6.45, 7) is 0.915. The summed E-state index contributed by atoms with van der Waals surface area (Å²) in [7, 11) is 0. The summed E-state index contributed by atoms with van der Waals surface area (Å²) in [5.74, 6) is -0.166. The number of aliphatic hydroxyl groups is 1. The third-order valence-corrected chi connectivity index (χ3v) is 7.21. The monoisotopic (exact) mass is 457 g/mol. The highest BCUT2D eigenvalue weighted by atomic mass is 35.5. The number of amides is 2. The SMILES string of the molecule is O=C(Nc1cc(-c2cnn3c2CCCC3)c(Cl)cn1)[C@H]1CCC[C@@H](NC(=O)C2(O)CC2)C1. The molecule has 5 rings (SSSR count). The van der Waals surface area contributed by atoms with Crippen molar-refractivity contribution in [3.63, 3.8) is 0 Å². The number of halogens is 1. The number of nitrogens with zero attached hydrogens (tertiary/aromatic N) is 3. The van der Waals surface area contributed by atoms with Crippen LogP contribution in [-0.2, 0) is 22.6 Å². The van der Waals surface area contributed by atoms with Gasteiger partial charge in [-0.3, -0.25) is 14.3 Å². The zero-order valence-electron chi connectivity index (χ0n) is 17.9. The summed E-state index contributed by atoms with van der Waals surface area (Å²) in [4.78, 5) is 29.4. The first-order valence-corrected chi connectivity index (χ1v) is 11.9. The summed E-state index contributed by atoms with van der Waals surface area (Å²) in [5.41, 5.74) is 1.80. The van der Waals surface area contributed by atoms with Gasteiger partial charge in [0.1, 0.15) is 11.4 Å². The number of pyridine rings is 1. The van der Waals surface area contributed by atoms with E-state index in [-0.39, 0.29) is 23.8 Å². The van der Waals surface area contributed by atoms with E-state index in [1.54, 1.807) is 6.20 Å². The highest BCUT2D eigenvalue weighted by Gasteiger charge is 2.48. The van der Waals surface area contributed by atoms with Crippen molar-refractivity contribution < 1.29 is 14.7 Å². The van der Waals surface area contributed by atoms with Gasteiger partial charge in [0, 0.05) is 41.5 Å². The number of anilines is 1. The number of aromatic nitrogens is 3. The Bertz CT molecular complexity index is 1050. The minimum Gasteiger partial charge on any atom is -0.380 e. The molecule has 3 heterocycles. The van der Waals surface area contributed by atoms with Crippen LogP contribution in [0.1, 0.15) is 57.1 Å². The summed E-state index contributed by atoms with van der Waals surface area (Å²) in [6.07, 6.45) is 10.6. The van der Waals surface area contributed by atoms with Crippen LogP contribution in [0.4, 0.5) is 5.82 Å². The zero-order chi connectivity index (χ0) is 22.3. The van der Waals surface area contributed by atoms with Gasteiger partial charge >= 0.3 is 0 Å². The van der Waals surface area contributed by atoms with E-state index in [0.717, 1.165) is 56.2 Å². The molecule has 2 aliphatic carbocycles. The van der Waals surface area contributed by atoms with Crippen molar-refractivity contribution in [1.29, 1.82) is 0 Å². The highest BCUT2D eigenvalue weighted by Crippen LogP contribution is 2.36. The second kappa shape index (κ2) is 8.48. The second-order valence-corrected chi connectivity index (χ2v) is 9.70. The van der Waals surface area contributed by atoms with Gasteiger partial charge in [-0.15, -0.1) is 0 Å². The fourth-order valence-corrected chi connectivity index (χ4v) is 5.02. The normalized spacial score (nSPS) is 23.8. The van der Waals surface area contributed by atoms with E-state index in [1.807, 2.05) is 16.9 Å². The number of hydrogen-bond acceptors (Lipinski definition) is 5. The van der Waals surface area contributed by atoms with Crippen molar-refractivity contribution in [2.45, 2.75) is 76.0 Å². The number of carbonyl (C=O) groups is 2. The van der Waals surface area contributed by atoms with Crippen molar-refractivity contribution in [1.82, 2.24) is 20.1 Å². The van der Waals surface area contributed by atoms with Gasteiger partial charge in [-0.05, 0) is 57.4 Å². The highest BCUT2D eigenvalue weighted by molar-refractivity contribution is 6.33. The van der Waals surface area contributed by atoms with Crippen LogP contribution in [0.25, 0.3) is 11.1 Å². The lowest BCUT2D eigenvalue weighted by molar-refractivity contribution is -0.133. The van der Waals surface area contributed by atoms with Crippen molar-refractivity contribution in [2.75, 3.05) is 5.32 Å². The van der Waals surface area contributed by atoms with Gasteiger partial charge in [0.05, 0.1) is 11.2 Å². The Hall–Kier alpha value is -2.45. The van der Waals surface area contributed by atoms with Crippen LogP contribution in [0.3, 0.4) is 0 Å².